The summed E-state index contributed by atoms with van der Waals surface area (Å²) in [5.74, 6) is 1.34. The number of nitrogens with zero attached hydrogens (tertiary/aromatic N) is 2. The predicted octanol–water partition coefficient (Wildman–Crippen LogP) is 3.87. The molecule has 0 atom stereocenters. The molecule has 1 fully saturated rings. The second kappa shape index (κ2) is 8.98. The Labute approximate surface area is 160 Å². The first-order chi connectivity index (χ1) is 12.1. The maximum atomic E-state index is 10.9. The number of hydrogen-bond acceptors (Lipinski definition) is 6. The lowest BCUT2D eigenvalue weighted by Gasteiger charge is -2.20. The average Bonchev–Trinajstić information content (AvgIpc) is 3.12. The quantitative estimate of drug-likeness (QED) is 0.655. The van der Waals surface area contributed by atoms with E-state index in [9.17, 15) is 4.79 Å². The molecule has 5 nitrogen and oxygen atoms in total. The Balaban J connectivity index is 1.47. The zero-order valence-corrected chi connectivity index (χ0v) is 16.8. The SMILES string of the molecule is CC(=O)OCc1ccc(CN2CCCN(Cc3ccc(Br)s3)CC2)o1. The molecule has 0 aromatic carbocycles. The van der Waals surface area contributed by atoms with Crippen LogP contribution in [0.25, 0.3) is 0 Å². The minimum atomic E-state index is -0.289. The standard InChI is InChI=1S/C18H23BrN2O3S/c1-14(22)23-13-16-4-3-15(24-16)11-20-7-2-8-21(10-9-20)12-17-5-6-18(19)25-17/h3-6H,2,7-13H2,1H3. The third kappa shape index (κ3) is 5.95. The van der Waals surface area contributed by atoms with Crippen LogP contribution in [0.4, 0.5) is 0 Å². The van der Waals surface area contributed by atoms with Crippen molar-refractivity contribution in [2.75, 3.05) is 26.2 Å². The van der Waals surface area contributed by atoms with E-state index in [0.717, 1.165) is 51.4 Å². The van der Waals surface area contributed by atoms with Crippen LogP contribution in [-0.2, 0) is 29.2 Å². The minimum Gasteiger partial charge on any atom is -0.461 e. The number of thiophene rings is 1. The van der Waals surface area contributed by atoms with E-state index in [0.29, 0.717) is 5.76 Å². The van der Waals surface area contributed by atoms with Gasteiger partial charge in [-0.3, -0.25) is 14.6 Å². The lowest BCUT2D eigenvalue weighted by Crippen LogP contribution is -2.30. The van der Waals surface area contributed by atoms with Crippen LogP contribution in [0.3, 0.4) is 0 Å². The highest BCUT2D eigenvalue weighted by molar-refractivity contribution is 9.11. The smallest absolute Gasteiger partial charge is 0.303 e. The molecule has 136 valence electrons. The summed E-state index contributed by atoms with van der Waals surface area (Å²) in [7, 11) is 0. The maximum absolute atomic E-state index is 10.9. The van der Waals surface area contributed by atoms with Gasteiger partial charge in [-0.25, -0.2) is 0 Å². The molecule has 3 rings (SSSR count). The number of carbonyl (C=O) groups excluding carboxylic acids is 1. The van der Waals surface area contributed by atoms with Gasteiger partial charge in [-0.1, -0.05) is 0 Å². The van der Waals surface area contributed by atoms with Gasteiger partial charge in [0.15, 0.2) is 0 Å². The van der Waals surface area contributed by atoms with Crippen molar-refractivity contribution in [2.24, 2.45) is 0 Å². The molecule has 1 aliphatic rings. The Hall–Kier alpha value is -1.15. The summed E-state index contributed by atoms with van der Waals surface area (Å²) in [4.78, 5) is 17.2. The zero-order chi connectivity index (χ0) is 17.6. The van der Waals surface area contributed by atoms with E-state index >= 15 is 0 Å². The molecule has 2 aromatic rings. The van der Waals surface area contributed by atoms with Crippen molar-refractivity contribution >= 4 is 33.2 Å². The largest absolute Gasteiger partial charge is 0.461 e. The number of furan rings is 1. The highest BCUT2D eigenvalue weighted by Crippen LogP contribution is 2.23. The van der Waals surface area contributed by atoms with Crippen LogP contribution in [0.5, 0.6) is 0 Å². The monoisotopic (exact) mass is 426 g/mol. The van der Waals surface area contributed by atoms with Crippen molar-refractivity contribution < 1.29 is 13.9 Å². The Morgan fingerprint density at radius 3 is 2.52 bits per heavy atom. The van der Waals surface area contributed by atoms with E-state index in [1.165, 1.54) is 15.6 Å². The van der Waals surface area contributed by atoms with Crippen LogP contribution in [-0.4, -0.2) is 41.9 Å². The topological polar surface area (TPSA) is 45.9 Å². The summed E-state index contributed by atoms with van der Waals surface area (Å²) in [5.41, 5.74) is 0. The van der Waals surface area contributed by atoms with Crippen molar-refractivity contribution in [3.8, 4) is 0 Å². The van der Waals surface area contributed by atoms with E-state index in [1.807, 2.05) is 23.5 Å². The van der Waals surface area contributed by atoms with Crippen molar-refractivity contribution in [2.45, 2.75) is 33.0 Å². The highest BCUT2D eigenvalue weighted by atomic mass is 79.9. The number of halogens is 1. The van der Waals surface area contributed by atoms with Crippen molar-refractivity contribution in [3.63, 3.8) is 0 Å². The maximum Gasteiger partial charge on any atom is 0.303 e. The molecule has 0 spiro atoms. The highest BCUT2D eigenvalue weighted by Gasteiger charge is 2.17. The van der Waals surface area contributed by atoms with Crippen LogP contribution < -0.4 is 0 Å². The molecule has 0 N–H and O–H groups in total. The first-order valence-corrected chi connectivity index (χ1v) is 10.1. The summed E-state index contributed by atoms with van der Waals surface area (Å²) in [6.07, 6.45) is 1.16. The Bertz CT molecular complexity index is 700. The summed E-state index contributed by atoms with van der Waals surface area (Å²) < 4.78 is 11.9. The molecule has 0 aliphatic carbocycles. The Morgan fingerprint density at radius 2 is 1.84 bits per heavy atom. The first kappa shape index (κ1) is 18.6. The second-order valence-corrected chi connectivity index (χ2v) is 8.81. The fourth-order valence-corrected chi connectivity index (χ4v) is 4.50. The van der Waals surface area contributed by atoms with Gasteiger partial charge < -0.3 is 9.15 Å². The summed E-state index contributed by atoms with van der Waals surface area (Å²) in [6.45, 7) is 7.74. The van der Waals surface area contributed by atoms with E-state index in [-0.39, 0.29) is 12.6 Å². The van der Waals surface area contributed by atoms with Crippen LogP contribution in [0.1, 0.15) is 29.7 Å². The fraction of sp³-hybridized carbons (Fsp3) is 0.500. The van der Waals surface area contributed by atoms with E-state index in [2.05, 4.69) is 37.9 Å². The van der Waals surface area contributed by atoms with Gasteiger partial charge in [-0.2, -0.15) is 0 Å². The molecule has 2 aromatic heterocycles. The second-order valence-electron chi connectivity index (χ2n) is 6.26. The van der Waals surface area contributed by atoms with Crippen LogP contribution in [0.15, 0.2) is 32.5 Å². The molecule has 1 aliphatic heterocycles. The van der Waals surface area contributed by atoms with Gasteiger partial charge in [0, 0.05) is 31.4 Å². The third-order valence-electron chi connectivity index (χ3n) is 4.20. The van der Waals surface area contributed by atoms with E-state index < -0.39 is 0 Å². The van der Waals surface area contributed by atoms with Crippen LogP contribution >= 0.6 is 27.3 Å². The van der Waals surface area contributed by atoms with Crippen molar-refractivity contribution in [3.05, 3.63) is 44.4 Å². The lowest BCUT2D eigenvalue weighted by atomic mass is 10.3. The van der Waals surface area contributed by atoms with Crippen LogP contribution in [0, 0.1) is 0 Å². The van der Waals surface area contributed by atoms with Gasteiger partial charge in [0.05, 0.1) is 10.3 Å². The molecule has 0 unspecified atom stereocenters. The Kier molecular flexibility index (Phi) is 6.70. The molecule has 1 saturated heterocycles. The van der Waals surface area contributed by atoms with Crippen molar-refractivity contribution in [1.82, 2.24) is 9.80 Å². The van der Waals surface area contributed by atoms with Gasteiger partial charge in [0.2, 0.25) is 0 Å². The molecule has 0 amide bonds. The lowest BCUT2D eigenvalue weighted by molar-refractivity contribution is -0.142. The summed E-state index contributed by atoms with van der Waals surface area (Å²) in [5, 5.41) is 0. The molecule has 0 radical (unpaired) electrons. The molecule has 0 bridgehead atoms. The van der Waals surface area contributed by atoms with Gasteiger partial charge in [0.1, 0.15) is 18.1 Å². The van der Waals surface area contributed by atoms with Gasteiger partial charge >= 0.3 is 5.97 Å². The minimum absolute atomic E-state index is 0.208. The van der Waals surface area contributed by atoms with E-state index in [1.54, 1.807) is 0 Å². The third-order valence-corrected chi connectivity index (χ3v) is 5.81. The van der Waals surface area contributed by atoms with Gasteiger partial charge in [0.25, 0.3) is 0 Å². The van der Waals surface area contributed by atoms with Gasteiger partial charge in [-0.15, -0.1) is 11.3 Å². The molecule has 0 saturated carbocycles. The van der Waals surface area contributed by atoms with E-state index in [4.69, 9.17) is 9.15 Å². The zero-order valence-electron chi connectivity index (χ0n) is 14.4. The van der Waals surface area contributed by atoms with Crippen LogP contribution in [0.2, 0.25) is 0 Å². The summed E-state index contributed by atoms with van der Waals surface area (Å²) >= 11 is 5.35. The normalized spacial score (nSPS) is 16.7. The predicted molar refractivity (Wildman–Crippen MR) is 101 cm³/mol. The fourth-order valence-electron chi connectivity index (χ4n) is 2.98. The number of ether oxygens (including phenoxy) is 1. The number of carbonyl (C=O) groups is 1. The van der Waals surface area contributed by atoms with Crippen molar-refractivity contribution in [1.29, 1.82) is 0 Å². The molecule has 7 heteroatoms. The number of rotatable bonds is 6. The average molecular weight is 427 g/mol. The molecule has 3 heterocycles. The van der Waals surface area contributed by atoms with Gasteiger partial charge in [-0.05, 0) is 59.7 Å². The Morgan fingerprint density at radius 1 is 1.12 bits per heavy atom. The molecular weight excluding hydrogens is 404 g/mol. The number of esters is 1. The first-order valence-electron chi connectivity index (χ1n) is 8.48. The number of hydrogen-bond donors (Lipinski definition) is 0. The summed E-state index contributed by atoms with van der Waals surface area (Å²) in [6, 6.07) is 8.18. The molecule has 25 heavy (non-hydrogen) atoms. The molecular formula is C18H23BrN2O3S.